The smallest absolute Gasteiger partial charge is 0.0999 e. The van der Waals surface area contributed by atoms with Crippen LogP contribution in [0.3, 0.4) is 0 Å². The third-order valence-corrected chi connectivity index (χ3v) is 3.14. The molecule has 12 heavy (non-hydrogen) atoms. The molecule has 0 bridgehead atoms. The van der Waals surface area contributed by atoms with Crippen LogP contribution in [0.1, 0.15) is 32.1 Å². The van der Waals surface area contributed by atoms with Crippen molar-refractivity contribution >= 4 is 0 Å². The molecule has 1 saturated heterocycles. The van der Waals surface area contributed by atoms with Crippen LogP contribution in [0.15, 0.2) is 0 Å². The summed E-state index contributed by atoms with van der Waals surface area (Å²) in [5.41, 5.74) is 0.336. The molecule has 0 aromatic rings. The molecular formula is C10H19NO. The summed E-state index contributed by atoms with van der Waals surface area (Å²) in [6.45, 7) is 1.11. The molecule has 1 aliphatic carbocycles. The molecule has 1 saturated carbocycles. The maximum absolute atomic E-state index is 5.81. The van der Waals surface area contributed by atoms with Gasteiger partial charge in [-0.25, -0.2) is 0 Å². The predicted molar refractivity (Wildman–Crippen MR) is 49.2 cm³/mol. The lowest BCUT2D eigenvalue weighted by Gasteiger charge is -2.19. The standard InChI is InChI=1S/C10H19NO/c1-11(2)8-9-10(12-9)6-4-3-5-7-10/h9H,3-8H2,1-2H3. The fourth-order valence-corrected chi connectivity index (χ4v) is 2.37. The number of ether oxygens (including phenoxy) is 1. The summed E-state index contributed by atoms with van der Waals surface area (Å²) in [6.07, 6.45) is 7.35. The van der Waals surface area contributed by atoms with Crippen molar-refractivity contribution in [3.8, 4) is 0 Å². The van der Waals surface area contributed by atoms with Crippen molar-refractivity contribution in [3.63, 3.8) is 0 Å². The lowest BCUT2D eigenvalue weighted by atomic mass is 9.86. The van der Waals surface area contributed by atoms with Crippen LogP contribution in [-0.2, 0) is 4.74 Å². The molecule has 2 heteroatoms. The zero-order valence-corrected chi connectivity index (χ0v) is 8.18. The van der Waals surface area contributed by atoms with Crippen molar-refractivity contribution in [1.82, 2.24) is 4.90 Å². The van der Waals surface area contributed by atoms with Crippen molar-refractivity contribution in [2.75, 3.05) is 20.6 Å². The average molecular weight is 169 g/mol. The first kappa shape index (κ1) is 8.52. The molecule has 70 valence electrons. The van der Waals surface area contributed by atoms with Crippen molar-refractivity contribution in [3.05, 3.63) is 0 Å². The molecule has 0 aromatic carbocycles. The van der Waals surface area contributed by atoms with E-state index in [1.807, 2.05) is 0 Å². The minimum Gasteiger partial charge on any atom is -0.365 e. The van der Waals surface area contributed by atoms with Gasteiger partial charge in [-0.15, -0.1) is 0 Å². The molecule has 2 fully saturated rings. The Morgan fingerprint density at radius 1 is 1.25 bits per heavy atom. The highest BCUT2D eigenvalue weighted by atomic mass is 16.6. The first-order valence-corrected chi connectivity index (χ1v) is 5.05. The fourth-order valence-electron chi connectivity index (χ4n) is 2.37. The van der Waals surface area contributed by atoms with Crippen LogP contribution < -0.4 is 0 Å². The van der Waals surface area contributed by atoms with E-state index >= 15 is 0 Å². The molecule has 0 radical (unpaired) electrons. The Balaban J connectivity index is 1.83. The van der Waals surface area contributed by atoms with Crippen LogP contribution in [0.2, 0.25) is 0 Å². The number of hydrogen-bond donors (Lipinski definition) is 0. The molecule has 1 aliphatic heterocycles. The van der Waals surface area contributed by atoms with E-state index in [2.05, 4.69) is 19.0 Å². The average Bonchev–Trinajstić information content (AvgIpc) is 2.63. The maximum atomic E-state index is 5.81. The number of likely N-dealkylation sites (N-methyl/N-ethyl adjacent to an activating group) is 1. The van der Waals surface area contributed by atoms with Crippen LogP contribution in [0.25, 0.3) is 0 Å². The van der Waals surface area contributed by atoms with Gasteiger partial charge in [0.05, 0.1) is 11.7 Å². The van der Waals surface area contributed by atoms with Crippen molar-refractivity contribution in [1.29, 1.82) is 0 Å². The molecule has 1 heterocycles. The second kappa shape index (κ2) is 3.00. The Morgan fingerprint density at radius 2 is 1.92 bits per heavy atom. The minimum atomic E-state index is 0.336. The molecule has 0 N–H and O–H groups in total. The molecule has 1 spiro atoms. The van der Waals surface area contributed by atoms with Gasteiger partial charge in [0, 0.05) is 6.54 Å². The normalized spacial score (nSPS) is 32.8. The van der Waals surface area contributed by atoms with E-state index in [4.69, 9.17) is 4.74 Å². The van der Waals surface area contributed by atoms with Gasteiger partial charge in [0.25, 0.3) is 0 Å². The highest BCUT2D eigenvalue weighted by Gasteiger charge is 2.55. The van der Waals surface area contributed by atoms with Crippen molar-refractivity contribution in [2.24, 2.45) is 0 Å². The van der Waals surface area contributed by atoms with E-state index in [1.165, 1.54) is 32.1 Å². The van der Waals surface area contributed by atoms with E-state index in [0.717, 1.165) is 6.54 Å². The van der Waals surface area contributed by atoms with E-state index in [9.17, 15) is 0 Å². The summed E-state index contributed by atoms with van der Waals surface area (Å²) in [6, 6.07) is 0. The van der Waals surface area contributed by atoms with Gasteiger partial charge in [0.15, 0.2) is 0 Å². The van der Waals surface area contributed by atoms with Crippen LogP contribution >= 0.6 is 0 Å². The first-order valence-electron chi connectivity index (χ1n) is 5.05. The molecular weight excluding hydrogens is 150 g/mol. The van der Waals surface area contributed by atoms with Gasteiger partial charge in [-0.05, 0) is 26.9 Å². The highest BCUT2D eigenvalue weighted by molar-refractivity contribution is 5.04. The summed E-state index contributed by atoms with van der Waals surface area (Å²) in [5.74, 6) is 0. The summed E-state index contributed by atoms with van der Waals surface area (Å²) in [5, 5.41) is 0. The summed E-state index contributed by atoms with van der Waals surface area (Å²) in [7, 11) is 4.25. The Morgan fingerprint density at radius 3 is 2.50 bits per heavy atom. The summed E-state index contributed by atoms with van der Waals surface area (Å²) < 4.78 is 5.81. The minimum absolute atomic E-state index is 0.336. The fraction of sp³-hybridized carbons (Fsp3) is 1.00. The van der Waals surface area contributed by atoms with Crippen molar-refractivity contribution in [2.45, 2.75) is 43.8 Å². The quantitative estimate of drug-likeness (QED) is 0.584. The van der Waals surface area contributed by atoms with Gasteiger partial charge in [-0.3, -0.25) is 0 Å². The first-order chi connectivity index (χ1) is 5.73. The zero-order chi connectivity index (χ0) is 8.60. The molecule has 1 atom stereocenters. The second-order valence-corrected chi connectivity index (χ2v) is 4.49. The summed E-state index contributed by atoms with van der Waals surface area (Å²) >= 11 is 0. The number of epoxide rings is 1. The molecule has 2 aliphatic rings. The largest absolute Gasteiger partial charge is 0.365 e. The van der Waals surface area contributed by atoms with Gasteiger partial charge in [0.2, 0.25) is 0 Å². The Kier molecular flexibility index (Phi) is 2.13. The maximum Gasteiger partial charge on any atom is 0.0999 e. The molecule has 0 amide bonds. The lowest BCUT2D eigenvalue weighted by molar-refractivity contribution is 0.230. The second-order valence-electron chi connectivity index (χ2n) is 4.49. The Labute approximate surface area is 74.9 Å². The van der Waals surface area contributed by atoms with Gasteiger partial charge in [-0.1, -0.05) is 19.3 Å². The van der Waals surface area contributed by atoms with E-state index in [0.29, 0.717) is 11.7 Å². The molecule has 2 nitrogen and oxygen atoms in total. The van der Waals surface area contributed by atoms with Crippen molar-refractivity contribution < 1.29 is 4.74 Å². The van der Waals surface area contributed by atoms with Crippen LogP contribution in [0.5, 0.6) is 0 Å². The third kappa shape index (κ3) is 1.50. The third-order valence-electron chi connectivity index (χ3n) is 3.14. The SMILES string of the molecule is CN(C)CC1OC12CCCCC2. The highest BCUT2D eigenvalue weighted by Crippen LogP contribution is 2.48. The van der Waals surface area contributed by atoms with Gasteiger partial charge in [-0.2, -0.15) is 0 Å². The number of nitrogens with zero attached hydrogens (tertiary/aromatic N) is 1. The Hall–Kier alpha value is -0.0800. The zero-order valence-electron chi connectivity index (χ0n) is 8.18. The number of rotatable bonds is 2. The van der Waals surface area contributed by atoms with Gasteiger partial charge >= 0.3 is 0 Å². The van der Waals surface area contributed by atoms with E-state index < -0.39 is 0 Å². The monoisotopic (exact) mass is 169 g/mol. The van der Waals surface area contributed by atoms with E-state index in [1.54, 1.807) is 0 Å². The predicted octanol–water partition coefficient (Wildman–Crippen LogP) is 1.65. The van der Waals surface area contributed by atoms with Crippen LogP contribution in [0, 0.1) is 0 Å². The van der Waals surface area contributed by atoms with Gasteiger partial charge in [0.1, 0.15) is 0 Å². The molecule has 2 rings (SSSR count). The summed E-state index contributed by atoms with van der Waals surface area (Å²) in [4.78, 5) is 2.23. The molecule has 1 unspecified atom stereocenters. The number of hydrogen-bond acceptors (Lipinski definition) is 2. The van der Waals surface area contributed by atoms with Gasteiger partial charge < -0.3 is 9.64 Å². The Bertz CT molecular complexity index is 161. The van der Waals surface area contributed by atoms with Crippen LogP contribution in [0.4, 0.5) is 0 Å². The van der Waals surface area contributed by atoms with E-state index in [-0.39, 0.29) is 0 Å². The lowest BCUT2D eigenvalue weighted by Crippen LogP contribution is -2.26. The van der Waals surface area contributed by atoms with Crippen LogP contribution in [-0.4, -0.2) is 37.2 Å². The molecule has 0 aromatic heterocycles. The topological polar surface area (TPSA) is 15.8 Å².